The molecule has 0 aromatic carbocycles. The molecule has 2 aliphatic rings. The number of hydrogen-bond donors (Lipinski definition) is 0. The van der Waals surface area contributed by atoms with Gasteiger partial charge in [-0.25, -0.2) is 0 Å². The van der Waals surface area contributed by atoms with Crippen molar-refractivity contribution >= 4 is 50.7 Å². The van der Waals surface area contributed by atoms with Crippen LogP contribution in [0.5, 0.6) is 0 Å². The number of halogens is 4. The van der Waals surface area contributed by atoms with Crippen molar-refractivity contribution in [3.8, 4) is 0 Å². The van der Waals surface area contributed by atoms with Crippen molar-refractivity contribution in [2.45, 2.75) is 47.1 Å². The van der Waals surface area contributed by atoms with E-state index in [1.165, 1.54) is 25.7 Å². The normalized spacial score (nSPS) is 42.4. The molecule has 0 amide bonds. The first-order valence-electron chi connectivity index (χ1n) is 5.71. The van der Waals surface area contributed by atoms with Gasteiger partial charge in [0.25, 0.3) is 0 Å². The van der Waals surface area contributed by atoms with Gasteiger partial charge in [-0.1, -0.05) is 63.6 Å². The SMILES string of the molecule is ClC(Cl)(Cl)[C@@H]1CC[C@H](Br)[C@H]2CCCC[C@H]21. The van der Waals surface area contributed by atoms with Crippen LogP contribution in [0.4, 0.5) is 0 Å². The number of hydrogen-bond acceptors (Lipinski definition) is 0. The van der Waals surface area contributed by atoms with Crippen molar-refractivity contribution in [3.05, 3.63) is 0 Å². The van der Waals surface area contributed by atoms with E-state index in [0.29, 0.717) is 10.7 Å². The fourth-order valence-electron chi connectivity index (χ4n) is 3.31. The highest BCUT2D eigenvalue weighted by atomic mass is 79.9. The first-order valence-corrected chi connectivity index (χ1v) is 7.76. The quantitative estimate of drug-likeness (QED) is 0.525. The molecule has 2 saturated carbocycles. The maximum Gasteiger partial charge on any atom is 0.193 e. The first kappa shape index (κ1) is 12.8. The average Bonchev–Trinajstić information content (AvgIpc) is 2.17. The van der Waals surface area contributed by atoms with Crippen LogP contribution < -0.4 is 0 Å². The summed E-state index contributed by atoms with van der Waals surface area (Å²) < 4.78 is -1.06. The molecule has 0 N–H and O–H groups in total. The maximum atomic E-state index is 6.10. The second-order valence-electron chi connectivity index (χ2n) is 4.85. The Morgan fingerprint density at radius 3 is 2.07 bits per heavy atom. The Hall–Kier alpha value is 1.35. The molecule has 0 bridgehead atoms. The molecular formula is C11H16BrCl3. The predicted octanol–water partition coefficient (Wildman–Crippen LogP) is 5.34. The third-order valence-corrected chi connectivity index (χ3v) is 6.01. The lowest BCUT2D eigenvalue weighted by atomic mass is 9.66. The molecule has 4 atom stereocenters. The van der Waals surface area contributed by atoms with Crippen LogP contribution in [0, 0.1) is 17.8 Å². The molecule has 15 heavy (non-hydrogen) atoms. The van der Waals surface area contributed by atoms with Crippen LogP contribution in [0.15, 0.2) is 0 Å². The van der Waals surface area contributed by atoms with Crippen molar-refractivity contribution < 1.29 is 0 Å². The van der Waals surface area contributed by atoms with Gasteiger partial charge in [0, 0.05) is 10.7 Å². The fraction of sp³-hybridized carbons (Fsp3) is 1.00. The zero-order valence-electron chi connectivity index (χ0n) is 8.56. The van der Waals surface area contributed by atoms with Gasteiger partial charge >= 0.3 is 0 Å². The molecule has 88 valence electrons. The molecule has 0 aromatic heterocycles. The van der Waals surface area contributed by atoms with E-state index in [1.54, 1.807) is 0 Å². The Bertz CT molecular complexity index is 226. The fourth-order valence-corrected chi connectivity index (χ4v) is 5.04. The summed E-state index contributed by atoms with van der Waals surface area (Å²) in [5, 5.41) is 0. The van der Waals surface area contributed by atoms with Crippen LogP contribution in [-0.2, 0) is 0 Å². The molecule has 2 rings (SSSR count). The largest absolute Gasteiger partial charge is 0.193 e. The number of rotatable bonds is 0. The van der Waals surface area contributed by atoms with E-state index in [2.05, 4.69) is 15.9 Å². The average molecular weight is 335 g/mol. The van der Waals surface area contributed by atoms with Crippen molar-refractivity contribution in [2.75, 3.05) is 0 Å². The molecule has 0 nitrogen and oxygen atoms in total. The molecule has 0 heterocycles. The zero-order valence-corrected chi connectivity index (χ0v) is 12.4. The van der Waals surface area contributed by atoms with E-state index in [4.69, 9.17) is 34.8 Å². The van der Waals surface area contributed by atoms with Crippen LogP contribution >= 0.6 is 50.7 Å². The van der Waals surface area contributed by atoms with Crippen LogP contribution in [0.1, 0.15) is 38.5 Å². The second-order valence-corrected chi connectivity index (χ2v) is 8.40. The van der Waals surface area contributed by atoms with Crippen molar-refractivity contribution in [2.24, 2.45) is 17.8 Å². The predicted molar refractivity (Wildman–Crippen MR) is 71.2 cm³/mol. The molecule has 0 unspecified atom stereocenters. The Morgan fingerprint density at radius 2 is 1.47 bits per heavy atom. The Morgan fingerprint density at radius 1 is 0.867 bits per heavy atom. The maximum absolute atomic E-state index is 6.10. The summed E-state index contributed by atoms with van der Waals surface area (Å²) >= 11 is 22.1. The molecule has 2 fully saturated rings. The molecule has 0 aliphatic heterocycles. The third kappa shape index (κ3) is 2.78. The van der Waals surface area contributed by atoms with Gasteiger partial charge in [-0.15, -0.1) is 0 Å². The highest BCUT2D eigenvalue weighted by Crippen LogP contribution is 2.53. The van der Waals surface area contributed by atoms with Crippen LogP contribution in [0.2, 0.25) is 0 Å². The summed E-state index contributed by atoms with van der Waals surface area (Å²) in [5.41, 5.74) is 0. The van der Waals surface area contributed by atoms with E-state index in [-0.39, 0.29) is 5.92 Å². The molecule has 0 saturated heterocycles. The minimum absolute atomic E-state index is 0.265. The molecule has 4 heteroatoms. The van der Waals surface area contributed by atoms with Crippen molar-refractivity contribution in [1.29, 1.82) is 0 Å². The van der Waals surface area contributed by atoms with Gasteiger partial charge in [-0.3, -0.25) is 0 Å². The van der Waals surface area contributed by atoms with Gasteiger partial charge < -0.3 is 0 Å². The Labute approximate surface area is 115 Å². The second kappa shape index (κ2) is 4.92. The van der Waals surface area contributed by atoms with E-state index in [1.807, 2.05) is 0 Å². The summed E-state index contributed by atoms with van der Waals surface area (Å²) in [6.45, 7) is 0. The topological polar surface area (TPSA) is 0 Å². The third-order valence-electron chi connectivity index (χ3n) is 4.03. The van der Waals surface area contributed by atoms with Crippen LogP contribution in [-0.4, -0.2) is 8.62 Å². The number of alkyl halides is 4. The van der Waals surface area contributed by atoms with E-state index in [0.717, 1.165) is 18.8 Å². The summed E-state index contributed by atoms with van der Waals surface area (Å²) in [6, 6.07) is 0. The minimum Gasteiger partial charge on any atom is -0.0888 e. The first-order chi connectivity index (χ1) is 7.00. The molecular weight excluding hydrogens is 318 g/mol. The van der Waals surface area contributed by atoms with E-state index in [9.17, 15) is 0 Å². The molecule has 0 spiro atoms. The summed E-state index contributed by atoms with van der Waals surface area (Å²) in [4.78, 5) is 0.645. The summed E-state index contributed by atoms with van der Waals surface area (Å²) in [5.74, 6) is 1.61. The van der Waals surface area contributed by atoms with Gasteiger partial charge in [0.1, 0.15) is 0 Å². The van der Waals surface area contributed by atoms with E-state index < -0.39 is 3.79 Å². The highest BCUT2D eigenvalue weighted by molar-refractivity contribution is 9.09. The van der Waals surface area contributed by atoms with Gasteiger partial charge in [0.2, 0.25) is 0 Å². The standard InChI is InChI=1S/C11H16BrCl3/c12-10-6-5-9(11(13,14)15)7-3-1-2-4-8(7)10/h7-10H,1-6H2/t7-,8+,9-,10+/m1/s1. The highest BCUT2D eigenvalue weighted by Gasteiger charge is 2.47. The summed E-state index contributed by atoms with van der Waals surface area (Å²) in [7, 11) is 0. The van der Waals surface area contributed by atoms with Crippen molar-refractivity contribution in [1.82, 2.24) is 0 Å². The molecule has 0 aromatic rings. The Balaban J connectivity index is 2.14. The zero-order chi connectivity index (χ0) is 11.1. The van der Waals surface area contributed by atoms with Gasteiger partial charge in [-0.2, -0.15) is 0 Å². The smallest absolute Gasteiger partial charge is 0.0888 e. The van der Waals surface area contributed by atoms with Gasteiger partial charge in [0.15, 0.2) is 3.79 Å². The van der Waals surface area contributed by atoms with Crippen LogP contribution in [0.25, 0.3) is 0 Å². The lowest BCUT2D eigenvalue weighted by molar-refractivity contribution is 0.114. The lowest BCUT2D eigenvalue weighted by Gasteiger charge is -2.46. The molecule has 2 aliphatic carbocycles. The summed E-state index contributed by atoms with van der Waals surface area (Å²) in [6.07, 6.45) is 7.39. The van der Waals surface area contributed by atoms with Gasteiger partial charge in [0.05, 0.1) is 0 Å². The molecule has 0 radical (unpaired) electrons. The van der Waals surface area contributed by atoms with Gasteiger partial charge in [-0.05, 0) is 37.5 Å². The Kier molecular flexibility index (Phi) is 4.20. The van der Waals surface area contributed by atoms with E-state index >= 15 is 0 Å². The lowest BCUT2D eigenvalue weighted by Crippen LogP contribution is -2.42. The minimum atomic E-state index is -1.06. The monoisotopic (exact) mass is 332 g/mol. The van der Waals surface area contributed by atoms with Crippen LogP contribution in [0.3, 0.4) is 0 Å². The number of fused-ring (bicyclic) bond motifs is 1. The van der Waals surface area contributed by atoms with Crippen molar-refractivity contribution in [3.63, 3.8) is 0 Å².